The number of thiazole rings is 1. The van der Waals surface area contributed by atoms with Gasteiger partial charge in [0.2, 0.25) is 0 Å². The summed E-state index contributed by atoms with van der Waals surface area (Å²) in [5, 5.41) is 0.917. The number of aromatic nitrogens is 1. The van der Waals surface area contributed by atoms with E-state index < -0.39 is 0 Å². The van der Waals surface area contributed by atoms with Crippen LogP contribution in [0.25, 0.3) is 20.8 Å². The summed E-state index contributed by atoms with van der Waals surface area (Å²) >= 11 is 5.21. The first-order valence-electron chi connectivity index (χ1n) is 8.25. The Morgan fingerprint density at radius 3 is 2.59 bits per heavy atom. The predicted octanol–water partition coefficient (Wildman–Crippen LogP) is 6.45. The van der Waals surface area contributed by atoms with Gasteiger partial charge in [0.25, 0.3) is 0 Å². The van der Waals surface area contributed by atoms with Gasteiger partial charge in [0.1, 0.15) is 17.4 Å². The van der Waals surface area contributed by atoms with Gasteiger partial charge in [0.15, 0.2) is 11.5 Å². The third-order valence-corrected chi connectivity index (χ3v) is 5.74. The van der Waals surface area contributed by atoms with Crippen LogP contribution in [0.3, 0.4) is 0 Å². The second-order valence-corrected chi connectivity index (χ2v) is 7.78. The van der Waals surface area contributed by atoms with Gasteiger partial charge in [-0.25, -0.2) is 9.37 Å². The molecule has 0 bridgehead atoms. The first-order valence-corrected chi connectivity index (χ1v) is 9.86. The summed E-state index contributed by atoms with van der Waals surface area (Å²) < 4.78 is 26.4. The Kier molecular flexibility index (Phi) is 5.09. The molecule has 27 heavy (non-hydrogen) atoms. The quantitative estimate of drug-likeness (QED) is 0.354. The van der Waals surface area contributed by atoms with Gasteiger partial charge in [0, 0.05) is 5.56 Å². The van der Waals surface area contributed by atoms with Crippen LogP contribution < -0.4 is 9.47 Å². The first kappa shape index (κ1) is 17.9. The van der Waals surface area contributed by atoms with E-state index in [4.69, 9.17) is 14.5 Å². The number of halogens is 2. The van der Waals surface area contributed by atoms with Gasteiger partial charge >= 0.3 is 0 Å². The number of benzene rings is 3. The van der Waals surface area contributed by atoms with E-state index in [0.717, 1.165) is 30.8 Å². The highest BCUT2D eigenvalue weighted by Crippen LogP contribution is 2.41. The number of nitrogens with zero attached hydrogens (tertiary/aromatic N) is 1. The Morgan fingerprint density at radius 1 is 1.07 bits per heavy atom. The van der Waals surface area contributed by atoms with Crippen molar-refractivity contribution in [3.8, 4) is 22.1 Å². The highest BCUT2D eigenvalue weighted by molar-refractivity contribution is 9.10. The summed E-state index contributed by atoms with van der Waals surface area (Å²) in [5.41, 5.74) is 2.80. The van der Waals surface area contributed by atoms with E-state index in [2.05, 4.69) is 22.0 Å². The second-order valence-electron chi connectivity index (χ2n) is 5.89. The molecule has 0 atom stereocenters. The van der Waals surface area contributed by atoms with E-state index in [9.17, 15) is 4.39 Å². The molecule has 0 aliphatic carbocycles. The lowest BCUT2D eigenvalue weighted by atomic mass is 10.2. The van der Waals surface area contributed by atoms with Crippen molar-refractivity contribution in [1.82, 2.24) is 4.98 Å². The van der Waals surface area contributed by atoms with E-state index in [-0.39, 0.29) is 5.82 Å². The molecule has 3 nitrogen and oxygen atoms in total. The number of hydrogen-bond donors (Lipinski definition) is 0. The Morgan fingerprint density at radius 2 is 1.85 bits per heavy atom. The number of hydrogen-bond acceptors (Lipinski definition) is 4. The van der Waals surface area contributed by atoms with E-state index in [0.29, 0.717) is 18.1 Å². The van der Waals surface area contributed by atoms with E-state index >= 15 is 0 Å². The molecule has 0 aliphatic rings. The number of rotatable bonds is 5. The molecule has 0 fully saturated rings. The maximum absolute atomic E-state index is 13.0. The van der Waals surface area contributed by atoms with Gasteiger partial charge in [-0.05, 0) is 57.9 Å². The van der Waals surface area contributed by atoms with Crippen LogP contribution >= 0.6 is 27.3 Å². The average Bonchev–Trinajstić information content (AvgIpc) is 3.12. The lowest BCUT2D eigenvalue weighted by Gasteiger charge is -2.14. The molecule has 1 aromatic heterocycles. The predicted molar refractivity (Wildman–Crippen MR) is 110 cm³/mol. The fraction of sp³-hybridized carbons (Fsp3) is 0.0952. The van der Waals surface area contributed by atoms with Crippen molar-refractivity contribution in [2.45, 2.75) is 6.61 Å². The topological polar surface area (TPSA) is 31.4 Å². The Bertz CT molecular complexity index is 1060. The summed E-state index contributed by atoms with van der Waals surface area (Å²) in [6.45, 7) is 0.315. The minimum atomic E-state index is -0.266. The van der Waals surface area contributed by atoms with Crippen molar-refractivity contribution in [2.75, 3.05) is 7.11 Å². The number of methoxy groups -OCH3 is 1. The SMILES string of the molecule is COc1cc(-c2nc3ccccc3s2)cc(Br)c1OCc1ccc(F)cc1. The van der Waals surface area contributed by atoms with Gasteiger partial charge in [-0.3, -0.25) is 0 Å². The molecule has 0 amide bonds. The molecule has 6 heteroatoms. The number of fused-ring (bicyclic) bond motifs is 1. The molecule has 0 unspecified atom stereocenters. The molecule has 136 valence electrons. The maximum atomic E-state index is 13.0. The van der Waals surface area contributed by atoms with Crippen LogP contribution in [-0.2, 0) is 6.61 Å². The van der Waals surface area contributed by atoms with Crippen LogP contribution in [0.2, 0.25) is 0 Å². The summed E-state index contributed by atoms with van der Waals surface area (Å²) in [6, 6.07) is 18.2. The van der Waals surface area contributed by atoms with Gasteiger partial charge < -0.3 is 9.47 Å². The van der Waals surface area contributed by atoms with Gasteiger partial charge in [-0.2, -0.15) is 0 Å². The molecule has 0 radical (unpaired) electrons. The molecule has 0 saturated heterocycles. The van der Waals surface area contributed by atoms with Crippen LogP contribution in [0, 0.1) is 5.82 Å². The molecule has 1 heterocycles. The molecule has 0 aliphatic heterocycles. The number of ether oxygens (including phenoxy) is 2. The average molecular weight is 444 g/mol. The lowest BCUT2D eigenvalue weighted by Crippen LogP contribution is -1.99. The Balaban J connectivity index is 1.64. The maximum Gasteiger partial charge on any atom is 0.175 e. The van der Waals surface area contributed by atoms with Crippen LogP contribution in [0.1, 0.15) is 5.56 Å². The molecular weight excluding hydrogens is 429 g/mol. The van der Waals surface area contributed by atoms with Crippen molar-refractivity contribution < 1.29 is 13.9 Å². The zero-order chi connectivity index (χ0) is 18.8. The van der Waals surface area contributed by atoms with Crippen molar-refractivity contribution in [3.05, 3.63) is 76.5 Å². The Hall–Kier alpha value is -2.44. The van der Waals surface area contributed by atoms with Gasteiger partial charge in [-0.1, -0.05) is 24.3 Å². The molecular formula is C21H15BrFNO2S. The third-order valence-electron chi connectivity index (χ3n) is 4.07. The summed E-state index contributed by atoms with van der Waals surface area (Å²) in [6.07, 6.45) is 0. The monoisotopic (exact) mass is 443 g/mol. The van der Waals surface area contributed by atoms with Crippen LogP contribution in [0.5, 0.6) is 11.5 Å². The van der Waals surface area contributed by atoms with Crippen molar-refractivity contribution in [2.24, 2.45) is 0 Å². The molecule has 4 aromatic rings. The van der Waals surface area contributed by atoms with E-state index in [1.54, 1.807) is 30.6 Å². The van der Waals surface area contributed by atoms with E-state index in [1.807, 2.05) is 30.3 Å². The normalized spacial score (nSPS) is 10.9. The van der Waals surface area contributed by atoms with Crippen LogP contribution in [0.4, 0.5) is 4.39 Å². The molecule has 3 aromatic carbocycles. The fourth-order valence-corrected chi connectivity index (χ4v) is 4.22. The van der Waals surface area contributed by atoms with Crippen molar-refractivity contribution >= 4 is 37.5 Å². The molecule has 4 rings (SSSR count). The highest BCUT2D eigenvalue weighted by Gasteiger charge is 2.15. The van der Waals surface area contributed by atoms with Gasteiger partial charge in [0.05, 0.1) is 21.8 Å². The zero-order valence-electron chi connectivity index (χ0n) is 14.4. The Labute approximate surface area is 168 Å². The fourth-order valence-electron chi connectivity index (χ4n) is 2.72. The molecule has 0 saturated carbocycles. The lowest BCUT2D eigenvalue weighted by molar-refractivity contribution is 0.282. The first-order chi connectivity index (χ1) is 13.1. The number of para-hydroxylation sites is 1. The minimum Gasteiger partial charge on any atom is -0.493 e. The third kappa shape index (κ3) is 3.82. The zero-order valence-corrected chi connectivity index (χ0v) is 16.8. The van der Waals surface area contributed by atoms with E-state index in [1.165, 1.54) is 12.1 Å². The largest absolute Gasteiger partial charge is 0.493 e. The van der Waals surface area contributed by atoms with Crippen LogP contribution in [-0.4, -0.2) is 12.1 Å². The standard InChI is InChI=1S/C21H15BrFNO2S/c1-25-18-11-14(21-24-17-4-2-3-5-19(17)27-21)10-16(22)20(18)26-12-13-6-8-15(23)9-7-13/h2-11H,12H2,1H3. The highest BCUT2D eigenvalue weighted by atomic mass is 79.9. The van der Waals surface area contributed by atoms with Crippen molar-refractivity contribution in [3.63, 3.8) is 0 Å². The summed E-state index contributed by atoms with van der Waals surface area (Å²) in [4.78, 5) is 4.70. The summed E-state index contributed by atoms with van der Waals surface area (Å²) in [5.74, 6) is 0.949. The summed E-state index contributed by atoms with van der Waals surface area (Å²) in [7, 11) is 1.61. The van der Waals surface area contributed by atoms with Crippen LogP contribution in [0.15, 0.2) is 65.1 Å². The molecule has 0 spiro atoms. The smallest absolute Gasteiger partial charge is 0.175 e. The second kappa shape index (κ2) is 7.66. The van der Waals surface area contributed by atoms with Crippen molar-refractivity contribution in [1.29, 1.82) is 0 Å². The minimum absolute atomic E-state index is 0.266. The van der Waals surface area contributed by atoms with Gasteiger partial charge in [-0.15, -0.1) is 11.3 Å². The molecule has 0 N–H and O–H groups in total.